The molecule has 9 heteroatoms. The molecule has 27 heavy (non-hydrogen) atoms. The van der Waals surface area contributed by atoms with Crippen LogP contribution in [0.1, 0.15) is 12.5 Å². The zero-order chi connectivity index (χ0) is 19.4. The Kier molecular flexibility index (Phi) is 5.98. The van der Waals surface area contributed by atoms with E-state index < -0.39 is 12.2 Å². The highest BCUT2D eigenvalue weighted by Crippen LogP contribution is 2.32. The lowest BCUT2D eigenvalue weighted by atomic mass is 10.1. The Hall–Kier alpha value is -2.16. The van der Waals surface area contributed by atoms with E-state index in [4.69, 9.17) is 9.47 Å². The summed E-state index contributed by atoms with van der Waals surface area (Å²) in [5.41, 5.74) is 1.12. The van der Waals surface area contributed by atoms with Crippen molar-refractivity contribution < 1.29 is 22.6 Å². The van der Waals surface area contributed by atoms with Crippen LogP contribution in [0.4, 0.5) is 13.2 Å². The first-order valence-electron chi connectivity index (χ1n) is 9.03. The second-order valence-corrected chi connectivity index (χ2v) is 6.65. The van der Waals surface area contributed by atoms with Gasteiger partial charge >= 0.3 is 6.18 Å². The van der Waals surface area contributed by atoms with E-state index in [9.17, 15) is 13.2 Å². The molecule has 6 nitrogen and oxygen atoms in total. The van der Waals surface area contributed by atoms with Crippen molar-refractivity contribution in [3.05, 3.63) is 23.8 Å². The number of alkyl halides is 3. The molecule has 0 amide bonds. The molecule has 1 N–H and O–H groups in total. The number of halogens is 3. The number of hydrogen-bond donors (Lipinski definition) is 1. The molecule has 150 valence electrons. The van der Waals surface area contributed by atoms with Crippen molar-refractivity contribution in [2.45, 2.75) is 25.6 Å². The van der Waals surface area contributed by atoms with Gasteiger partial charge in [0.25, 0.3) is 0 Å². The minimum absolute atomic E-state index is 0.253. The fourth-order valence-electron chi connectivity index (χ4n) is 3.28. The van der Waals surface area contributed by atoms with Gasteiger partial charge in [-0.05, 0) is 31.0 Å². The predicted octanol–water partition coefficient (Wildman–Crippen LogP) is 2.10. The summed E-state index contributed by atoms with van der Waals surface area (Å²) in [7, 11) is 1.69. The van der Waals surface area contributed by atoms with Crippen LogP contribution in [0.15, 0.2) is 23.2 Å². The Morgan fingerprint density at radius 2 is 1.89 bits per heavy atom. The van der Waals surface area contributed by atoms with Gasteiger partial charge in [0.1, 0.15) is 6.04 Å². The van der Waals surface area contributed by atoms with Crippen LogP contribution >= 0.6 is 0 Å². The first-order chi connectivity index (χ1) is 12.9. The van der Waals surface area contributed by atoms with Crippen molar-refractivity contribution >= 4 is 5.96 Å². The molecular formula is C18H25F3N4O2. The molecule has 1 unspecified atom stereocenters. The number of nitrogens with zero attached hydrogens (tertiary/aromatic N) is 3. The van der Waals surface area contributed by atoms with Crippen molar-refractivity contribution in [2.75, 3.05) is 46.6 Å². The lowest BCUT2D eigenvalue weighted by molar-refractivity contribution is -0.181. The molecule has 0 aliphatic carbocycles. The van der Waals surface area contributed by atoms with Gasteiger partial charge in [0.15, 0.2) is 17.5 Å². The number of guanidine groups is 1. The predicted molar refractivity (Wildman–Crippen MR) is 96.3 cm³/mol. The minimum Gasteiger partial charge on any atom is -0.454 e. The summed E-state index contributed by atoms with van der Waals surface area (Å²) in [5.74, 6) is 2.23. The summed E-state index contributed by atoms with van der Waals surface area (Å²) in [6.07, 6.45) is -3.41. The number of piperazine rings is 1. The summed E-state index contributed by atoms with van der Waals surface area (Å²) in [6, 6.07) is 4.44. The van der Waals surface area contributed by atoms with Crippen molar-refractivity contribution in [1.29, 1.82) is 0 Å². The molecule has 0 bridgehead atoms. The first-order valence-corrected chi connectivity index (χ1v) is 9.03. The largest absolute Gasteiger partial charge is 0.454 e. The molecule has 0 saturated carbocycles. The third-order valence-electron chi connectivity index (χ3n) is 4.98. The monoisotopic (exact) mass is 386 g/mol. The highest BCUT2D eigenvalue weighted by Gasteiger charge is 2.41. The third-order valence-corrected chi connectivity index (χ3v) is 4.98. The summed E-state index contributed by atoms with van der Waals surface area (Å²) < 4.78 is 49.3. The van der Waals surface area contributed by atoms with Crippen LogP contribution in [0.25, 0.3) is 0 Å². The van der Waals surface area contributed by atoms with Gasteiger partial charge in [0.05, 0.1) is 0 Å². The van der Waals surface area contributed by atoms with E-state index in [0.717, 1.165) is 29.4 Å². The molecule has 0 spiro atoms. The number of fused-ring (bicyclic) bond motifs is 1. The maximum absolute atomic E-state index is 12.9. The molecule has 0 aromatic heterocycles. The lowest BCUT2D eigenvalue weighted by Crippen LogP contribution is -2.56. The van der Waals surface area contributed by atoms with E-state index in [2.05, 4.69) is 10.3 Å². The van der Waals surface area contributed by atoms with Gasteiger partial charge < -0.3 is 19.7 Å². The molecule has 1 aromatic rings. The van der Waals surface area contributed by atoms with Gasteiger partial charge in [-0.15, -0.1) is 0 Å². The van der Waals surface area contributed by atoms with Crippen LogP contribution in [0.5, 0.6) is 11.5 Å². The smallest absolute Gasteiger partial charge is 0.403 e. The van der Waals surface area contributed by atoms with Crippen molar-refractivity contribution in [3.8, 4) is 11.5 Å². The number of aliphatic imine (C=N–C) groups is 1. The number of benzene rings is 1. The summed E-state index contributed by atoms with van der Waals surface area (Å²) in [6.45, 7) is 3.91. The number of rotatable bonds is 4. The summed E-state index contributed by atoms with van der Waals surface area (Å²) in [5, 5.41) is 3.29. The Morgan fingerprint density at radius 1 is 1.19 bits per heavy atom. The normalized spacial score (nSPS) is 19.3. The highest BCUT2D eigenvalue weighted by atomic mass is 19.4. The van der Waals surface area contributed by atoms with Crippen molar-refractivity contribution in [3.63, 3.8) is 0 Å². The van der Waals surface area contributed by atoms with Crippen LogP contribution < -0.4 is 14.8 Å². The van der Waals surface area contributed by atoms with Gasteiger partial charge in [0, 0.05) is 39.8 Å². The van der Waals surface area contributed by atoms with Crippen molar-refractivity contribution in [2.24, 2.45) is 4.99 Å². The van der Waals surface area contributed by atoms with Gasteiger partial charge in [-0.25, -0.2) is 0 Å². The van der Waals surface area contributed by atoms with Crippen LogP contribution in [-0.4, -0.2) is 74.5 Å². The SMILES string of the molecule is CN=C(NCCc1ccc2c(c1)OCO2)N1CCN(C(C)C(F)(F)F)CC1. The topological polar surface area (TPSA) is 49.3 Å². The second-order valence-electron chi connectivity index (χ2n) is 6.65. The highest BCUT2D eigenvalue weighted by molar-refractivity contribution is 5.80. The van der Waals surface area contributed by atoms with E-state index in [1.54, 1.807) is 7.05 Å². The Balaban J connectivity index is 1.46. The van der Waals surface area contributed by atoms with Crippen LogP contribution in [0, 0.1) is 0 Å². The van der Waals surface area contributed by atoms with Crippen LogP contribution in [0.3, 0.4) is 0 Å². The quantitative estimate of drug-likeness (QED) is 0.635. The zero-order valence-electron chi connectivity index (χ0n) is 15.6. The standard InChI is InChI=1S/C18H25F3N4O2/c1-13(18(19,20)21)24-7-9-25(10-8-24)17(22-2)23-6-5-14-3-4-15-16(11-14)27-12-26-15/h3-4,11,13H,5-10,12H2,1-2H3,(H,22,23). The zero-order valence-corrected chi connectivity index (χ0v) is 15.6. The van der Waals surface area contributed by atoms with Crippen LogP contribution in [-0.2, 0) is 6.42 Å². The van der Waals surface area contributed by atoms with Gasteiger partial charge in [-0.3, -0.25) is 9.89 Å². The molecule has 1 saturated heterocycles. The Labute approximate surface area is 156 Å². The number of ether oxygens (including phenoxy) is 2. The van der Waals surface area contributed by atoms with E-state index in [0.29, 0.717) is 32.7 Å². The van der Waals surface area contributed by atoms with E-state index in [1.807, 2.05) is 23.1 Å². The molecule has 3 rings (SSSR count). The summed E-state index contributed by atoms with van der Waals surface area (Å²) in [4.78, 5) is 7.73. The maximum atomic E-state index is 12.9. The van der Waals surface area contributed by atoms with E-state index >= 15 is 0 Å². The van der Waals surface area contributed by atoms with E-state index in [1.165, 1.54) is 11.8 Å². The van der Waals surface area contributed by atoms with Crippen molar-refractivity contribution in [1.82, 2.24) is 15.1 Å². The molecule has 2 aliphatic rings. The Bertz CT molecular complexity index is 673. The van der Waals surface area contributed by atoms with Gasteiger partial charge in [0.2, 0.25) is 6.79 Å². The molecule has 2 aliphatic heterocycles. The van der Waals surface area contributed by atoms with Crippen LogP contribution in [0.2, 0.25) is 0 Å². The number of nitrogens with one attached hydrogen (secondary N) is 1. The Morgan fingerprint density at radius 3 is 2.56 bits per heavy atom. The maximum Gasteiger partial charge on any atom is 0.403 e. The molecule has 1 fully saturated rings. The lowest BCUT2D eigenvalue weighted by Gasteiger charge is -2.39. The van der Waals surface area contributed by atoms with Gasteiger partial charge in [-0.1, -0.05) is 6.07 Å². The average Bonchev–Trinajstić information content (AvgIpc) is 3.12. The fourth-order valence-corrected chi connectivity index (χ4v) is 3.28. The average molecular weight is 386 g/mol. The second kappa shape index (κ2) is 8.24. The first kappa shape index (κ1) is 19.6. The third kappa shape index (κ3) is 4.77. The minimum atomic E-state index is -4.19. The number of hydrogen-bond acceptors (Lipinski definition) is 4. The molecule has 1 atom stereocenters. The fraction of sp³-hybridized carbons (Fsp3) is 0.611. The summed E-state index contributed by atoms with van der Waals surface area (Å²) >= 11 is 0. The molecule has 1 aromatic carbocycles. The van der Waals surface area contributed by atoms with E-state index in [-0.39, 0.29) is 6.79 Å². The molecular weight excluding hydrogens is 361 g/mol. The van der Waals surface area contributed by atoms with Gasteiger partial charge in [-0.2, -0.15) is 13.2 Å². The molecule has 0 radical (unpaired) electrons. The molecule has 2 heterocycles.